The van der Waals surface area contributed by atoms with Crippen LogP contribution in [0, 0.1) is 16.7 Å². The van der Waals surface area contributed by atoms with Crippen LogP contribution in [0.4, 0.5) is 0 Å². The van der Waals surface area contributed by atoms with Crippen LogP contribution in [0.1, 0.15) is 27.2 Å². The van der Waals surface area contributed by atoms with Crippen LogP contribution in [0.5, 0.6) is 0 Å². The van der Waals surface area contributed by atoms with Gasteiger partial charge in [0, 0.05) is 0 Å². The molecule has 1 atom stereocenters. The summed E-state index contributed by atoms with van der Waals surface area (Å²) in [6.45, 7) is 6.19. The third-order valence-electron chi connectivity index (χ3n) is 1.93. The van der Waals surface area contributed by atoms with Crippen LogP contribution < -0.4 is 0 Å². The fraction of sp³-hybridized carbons (Fsp3) is 0.900. The summed E-state index contributed by atoms with van der Waals surface area (Å²) in [6, 6.07) is 2.21. The van der Waals surface area contributed by atoms with Crippen molar-refractivity contribution < 1.29 is 22.2 Å². The van der Waals surface area contributed by atoms with Crippen molar-refractivity contribution in [3.05, 3.63) is 0 Å². The van der Waals surface area contributed by atoms with Gasteiger partial charge in [0.25, 0.3) is 0 Å². The van der Waals surface area contributed by atoms with Gasteiger partial charge in [0.1, 0.15) is 0 Å². The van der Waals surface area contributed by atoms with E-state index in [1.54, 1.807) is 7.11 Å². The van der Waals surface area contributed by atoms with Crippen molar-refractivity contribution in [3.8, 4) is 6.07 Å². The first kappa shape index (κ1) is 13.8. The minimum absolute atomic E-state index is 0.0852. The Morgan fingerprint density at radius 2 is 2.14 bits per heavy atom. The number of hydrogen-bond acceptors (Lipinski definition) is 3. The molecule has 0 spiro atoms. The zero-order chi connectivity index (χ0) is 11.2. The molecule has 4 heteroatoms. The molecular formula is C10H19CoNO2. The van der Waals surface area contributed by atoms with Gasteiger partial charge in [-0.2, -0.15) is 0 Å². The van der Waals surface area contributed by atoms with Gasteiger partial charge in [0.05, 0.1) is 0 Å². The Balaban J connectivity index is 3.92. The van der Waals surface area contributed by atoms with Crippen molar-refractivity contribution in [1.82, 2.24) is 0 Å². The molecule has 0 amide bonds. The maximum atomic E-state index is 11.7. The quantitative estimate of drug-likeness (QED) is 0.721. The summed E-state index contributed by atoms with van der Waals surface area (Å²) in [4.78, 5) is 0.0852. The molecule has 14 heavy (non-hydrogen) atoms. The first-order valence-electron chi connectivity index (χ1n) is 4.57. The van der Waals surface area contributed by atoms with Crippen LogP contribution in [-0.2, 0) is 22.2 Å². The second kappa shape index (κ2) is 6.28. The Bertz CT molecular complexity index is 233. The Kier molecular flexibility index (Phi) is 6.17. The number of ether oxygens (including phenoxy) is 1. The molecule has 0 aliphatic carbocycles. The summed E-state index contributed by atoms with van der Waals surface area (Å²) in [5.74, 6) is 0. The average molecular weight is 244 g/mol. The first-order chi connectivity index (χ1) is 6.43. The molecule has 0 saturated carbocycles. The summed E-state index contributed by atoms with van der Waals surface area (Å²) in [6.07, 6.45) is 0.686. The molecule has 85 valence electrons. The van der Waals surface area contributed by atoms with E-state index in [-0.39, 0.29) is 10.3 Å². The molecule has 0 bridgehead atoms. The summed E-state index contributed by atoms with van der Waals surface area (Å²) in [5, 5.41) is 9.39. The van der Waals surface area contributed by atoms with Crippen molar-refractivity contribution in [2.24, 2.45) is 5.41 Å². The second-order valence-corrected chi connectivity index (χ2v) is 6.43. The third-order valence-corrected chi connectivity index (χ3v) is 4.02. The van der Waals surface area contributed by atoms with Gasteiger partial charge in [-0.05, 0) is 0 Å². The Morgan fingerprint density at radius 3 is 2.57 bits per heavy atom. The normalized spacial score (nSPS) is 14.6. The summed E-state index contributed by atoms with van der Waals surface area (Å²) in [7, 11) is 1.61. The van der Waals surface area contributed by atoms with Crippen LogP contribution in [0.2, 0.25) is 10.2 Å². The molecule has 0 fully saturated rings. The molecule has 0 aromatic heterocycles. The van der Waals surface area contributed by atoms with Crippen LogP contribution in [0.25, 0.3) is 0 Å². The molecular weight excluding hydrogens is 225 g/mol. The molecule has 0 saturated heterocycles. The van der Waals surface area contributed by atoms with Crippen molar-refractivity contribution in [1.29, 1.82) is 5.26 Å². The molecule has 0 rings (SSSR count). The van der Waals surface area contributed by atoms with Crippen LogP contribution in [-0.4, -0.2) is 13.7 Å². The predicted octanol–water partition coefficient (Wildman–Crippen LogP) is 2.76. The van der Waals surface area contributed by atoms with Gasteiger partial charge in [-0.1, -0.05) is 0 Å². The topological polar surface area (TPSA) is 50.1 Å². The van der Waals surface area contributed by atoms with Crippen molar-refractivity contribution in [2.75, 3.05) is 13.7 Å². The van der Waals surface area contributed by atoms with E-state index in [4.69, 9.17) is 10.00 Å². The van der Waals surface area contributed by atoms with E-state index in [1.165, 1.54) is 0 Å². The average Bonchev–Trinajstić information content (AvgIpc) is 2.15. The summed E-state index contributed by atoms with van der Waals surface area (Å²) >= 11 is -1.22. The number of hydrogen-bond donors (Lipinski definition) is 0. The molecule has 0 N–H and O–H groups in total. The predicted molar refractivity (Wildman–Crippen MR) is 50.8 cm³/mol. The van der Waals surface area contributed by atoms with Gasteiger partial charge in [-0.15, -0.1) is 0 Å². The molecule has 3 nitrogen and oxygen atoms in total. The van der Waals surface area contributed by atoms with Crippen molar-refractivity contribution in [2.45, 2.75) is 37.4 Å². The van der Waals surface area contributed by atoms with Gasteiger partial charge < -0.3 is 0 Å². The Hall–Kier alpha value is -0.244. The first-order valence-corrected chi connectivity index (χ1v) is 6.34. The molecule has 0 radical (unpaired) electrons. The van der Waals surface area contributed by atoms with Crippen molar-refractivity contribution in [3.63, 3.8) is 0 Å². The van der Waals surface area contributed by atoms with E-state index in [0.29, 0.717) is 18.4 Å². The van der Waals surface area contributed by atoms with Crippen LogP contribution in [0.3, 0.4) is 0 Å². The fourth-order valence-electron chi connectivity index (χ4n) is 0.795. The molecule has 0 heterocycles. The van der Waals surface area contributed by atoms with Gasteiger partial charge >= 0.3 is 90.1 Å². The van der Waals surface area contributed by atoms with Crippen LogP contribution >= 0.6 is 0 Å². The molecule has 0 aliphatic heterocycles. The number of nitrogens with zero attached hydrogens (tertiary/aromatic N) is 1. The standard InChI is InChI=1S/C6H10N.C4H9O.Co.O/c1-4-6(2,3)5-7;1-3-4-5-2;;/h1,4H2,2-3H3;3H,4H2,1-2H3;;. The molecule has 0 aromatic rings. The van der Waals surface area contributed by atoms with E-state index in [0.717, 1.165) is 0 Å². The summed E-state index contributed by atoms with van der Waals surface area (Å²) < 4.78 is 16.6. The molecule has 1 unspecified atom stereocenters. The van der Waals surface area contributed by atoms with Gasteiger partial charge in [0.15, 0.2) is 0 Å². The van der Waals surface area contributed by atoms with E-state index < -0.39 is 13.6 Å². The van der Waals surface area contributed by atoms with Crippen molar-refractivity contribution >= 4 is 0 Å². The molecule has 0 aromatic carbocycles. The zero-order valence-electron chi connectivity index (χ0n) is 9.30. The van der Waals surface area contributed by atoms with E-state index in [9.17, 15) is 3.87 Å². The Morgan fingerprint density at radius 1 is 1.57 bits per heavy atom. The van der Waals surface area contributed by atoms with E-state index in [1.807, 2.05) is 20.8 Å². The SMILES string of the molecule is COC[CH](C)[Co](=[O])[CH2]CC(C)(C)C#N. The number of nitriles is 1. The number of rotatable bonds is 6. The van der Waals surface area contributed by atoms with E-state index in [2.05, 4.69) is 6.07 Å². The fourth-order valence-corrected chi connectivity index (χ4v) is 2.58. The maximum absolute atomic E-state index is 11.7. The molecule has 0 aliphatic rings. The minimum atomic E-state index is -1.22. The van der Waals surface area contributed by atoms with Crippen LogP contribution in [0.15, 0.2) is 0 Å². The monoisotopic (exact) mass is 244 g/mol. The van der Waals surface area contributed by atoms with Gasteiger partial charge in [-0.3, -0.25) is 0 Å². The Labute approximate surface area is 90.4 Å². The van der Waals surface area contributed by atoms with Gasteiger partial charge in [0.2, 0.25) is 0 Å². The summed E-state index contributed by atoms with van der Waals surface area (Å²) in [5.41, 5.74) is -0.364. The second-order valence-electron chi connectivity index (χ2n) is 3.92. The third kappa shape index (κ3) is 5.48. The van der Waals surface area contributed by atoms with Gasteiger partial charge in [-0.25, -0.2) is 0 Å². The number of methoxy groups -OCH3 is 1. The van der Waals surface area contributed by atoms with E-state index >= 15 is 0 Å². The zero-order valence-corrected chi connectivity index (χ0v) is 10.3.